The van der Waals surface area contributed by atoms with Crippen molar-refractivity contribution in [2.75, 3.05) is 20.0 Å². The van der Waals surface area contributed by atoms with Gasteiger partial charge in [-0.2, -0.15) is 0 Å². The molecule has 0 atom stereocenters. The van der Waals surface area contributed by atoms with Crippen molar-refractivity contribution in [3.05, 3.63) is 48.0 Å². The van der Waals surface area contributed by atoms with E-state index in [0.29, 0.717) is 12.3 Å². The predicted molar refractivity (Wildman–Crippen MR) is 74.7 cm³/mol. The van der Waals surface area contributed by atoms with Crippen molar-refractivity contribution in [1.82, 2.24) is 0 Å². The van der Waals surface area contributed by atoms with Crippen LogP contribution in [0, 0.1) is 0 Å². The Morgan fingerprint density at radius 1 is 0.895 bits per heavy atom. The maximum absolute atomic E-state index is 5.71. The molecule has 4 heteroatoms. The molecule has 4 nitrogen and oxygen atoms in total. The second-order valence-electron chi connectivity index (χ2n) is 4.04. The van der Waals surface area contributed by atoms with Crippen LogP contribution in [-0.4, -0.2) is 14.2 Å². The Kier molecular flexibility index (Phi) is 4.13. The summed E-state index contributed by atoms with van der Waals surface area (Å²) in [6, 6.07) is 13.0. The van der Waals surface area contributed by atoms with Gasteiger partial charge in [-0.05, 0) is 36.4 Å². The number of nitrogens with two attached hydrogens (primary N) is 1. The zero-order valence-corrected chi connectivity index (χ0v) is 11.1. The lowest BCUT2D eigenvalue weighted by molar-refractivity contribution is 0.296. The van der Waals surface area contributed by atoms with Gasteiger partial charge in [0.1, 0.15) is 23.9 Å². The molecular weight excluding hydrogens is 242 g/mol. The number of nitrogen functional groups attached to an aromatic ring is 1. The van der Waals surface area contributed by atoms with Gasteiger partial charge in [0.2, 0.25) is 0 Å². The van der Waals surface area contributed by atoms with Crippen LogP contribution in [0.25, 0.3) is 0 Å². The van der Waals surface area contributed by atoms with Crippen LogP contribution in [0.15, 0.2) is 42.5 Å². The molecule has 0 aliphatic heterocycles. The summed E-state index contributed by atoms with van der Waals surface area (Å²) in [5.41, 5.74) is 7.33. The van der Waals surface area contributed by atoms with E-state index < -0.39 is 0 Å². The summed E-state index contributed by atoms with van der Waals surface area (Å²) < 4.78 is 16.1. The third kappa shape index (κ3) is 3.31. The third-order valence-corrected chi connectivity index (χ3v) is 2.76. The first-order valence-corrected chi connectivity index (χ1v) is 5.92. The number of methoxy groups -OCH3 is 2. The SMILES string of the molecule is COc1ccc(OCc2ccc(N)cc2OC)cc1. The van der Waals surface area contributed by atoms with Crippen LogP contribution in [0.1, 0.15) is 5.56 Å². The Morgan fingerprint density at radius 2 is 1.58 bits per heavy atom. The van der Waals surface area contributed by atoms with Crippen molar-refractivity contribution < 1.29 is 14.2 Å². The highest BCUT2D eigenvalue weighted by Crippen LogP contribution is 2.24. The van der Waals surface area contributed by atoms with Crippen LogP contribution in [0.4, 0.5) is 5.69 Å². The van der Waals surface area contributed by atoms with Gasteiger partial charge in [0.15, 0.2) is 0 Å². The summed E-state index contributed by atoms with van der Waals surface area (Å²) in [7, 11) is 3.25. The van der Waals surface area contributed by atoms with E-state index in [1.54, 1.807) is 20.3 Å². The highest BCUT2D eigenvalue weighted by molar-refractivity contribution is 5.48. The predicted octanol–water partition coefficient (Wildman–Crippen LogP) is 2.87. The molecule has 0 aliphatic rings. The molecule has 0 heterocycles. The molecule has 2 rings (SSSR count). The highest BCUT2D eigenvalue weighted by Gasteiger charge is 2.04. The van der Waals surface area contributed by atoms with Crippen LogP contribution in [-0.2, 0) is 6.61 Å². The number of anilines is 1. The fraction of sp³-hybridized carbons (Fsp3) is 0.200. The Balaban J connectivity index is 2.05. The maximum Gasteiger partial charge on any atom is 0.127 e. The summed E-state index contributed by atoms with van der Waals surface area (Å²) in [4.78, 5) is 0. The fourth-order valence-corrected chi connectivity index (χ4v) is 1.71. The summed E-state index contributed by atoms with van der Waals surface area (Å²) in [6.45, 7) is 0.426. The first kappa shape index (κ1) is 13.1. The molecule has 0 saturated carbocycles. The van der Waals surface area contributed by atoms with Crippen molar-refractivity contribution in [2.45, 2.75) is 6.61 Å². The number of rotatable bonds is 5. The first-order chi connectivity index (χ1) is 9.22. The Labute approximate surface area is 112 Å². The van der Waals surface area contributed by atoms with Crippen molar-refractivity contribution in [3.63, 3.8) is 0 Å². The second-order valence-corrected chi connectivity index (χ2v) is 4.04. The molecule has 0 amide bonds. The monoisotopic (exact) mass is 259 g/mol. The van der Waals surface area contributed by atoms with Crippen LogP contribution in [0.5, 0.6) is 17.2 Å². The number of hydrogen-bond donors (Lipinski definition) is 1. The second kappa shape index (κ2) is 6.00. The Bertz CT molecular complexity index is 538. The van der Waals surface area contributed by atoms with Crippen molar-refractivity contribution in [3.8, 4) is 17.2 Å². The standard InChI is InChI=1S/C15H17NO3/c1-17-13-5-7-14(8-6-13)19-10-11-3-4-12(16)9-15(11)18-2/h3-9H,10,16H2,1-2H3. The van der Waals surface area contributed by atoms with Crippen LogP contribution >= 0.6 is 0 Å². The molecule has 0 spiro atoms. The zero-order valence-electron chi connectivity index (χ0n) is 11.1. The molecule has 0 unspecified atom stereocenters. The lowest BCUT2D eigenvalue weighted by atomic mass is 10.2. The Hall–Kier alpha value is -2.36. The van der Waals surface area contributed by atoms with Gasteiger partial charge in [-0.15, -0.1) is 0 Å². The van der Waals surface area contributed by atoms with E-state index in [2.05, 4.69) is 0 Å². The van der Waals surface area contributed by atoms with Crippen molar-refractivity contribution in [1.29, 1.82) is 0 Å². The number of ether oxygens (including phenoxy) is 3. The van der Waals surface area contributed by atoms with E-state index in [-0.39, 0.29) is 0 Å². The molecule has 0 aromatic heterocycles. The van der Waals surface area contributed by atoms with Crippen LogP contribution < -0.4 is 19.9 Å². The van der Waals surface area contributed by atoms with Gasteiger partial charge in [0.25, 0.3) is 0 Å². The topological polar surface area (TPSA) is 53.7 Å². The van der Waals surface area contributed by atoms with Crippen LogP contribution in [0.3, 0.4) is 0 Å². The fourth-order valence-electron chi connectivity index (χ4n) is 1.71. The molecule has 19 heavy (non-hydrogen) atoms. The number of hydrogen-bond acceptors (Lipinski definition) is 4. The molecule has 2 N–H and O–H groups in total. The minimum atomic E-state index is 0.426. The largest absolute Gasteiger partial charge is 0.497 e. The van der Waals surface area contributed by atoms with E-state index in [1.807, 2.05) is 36.4 Å². The molecule has 0 bridgehead atoms. The summed E-state index contributed by atoms with van der Waals surface area (Å²) in [5.74, 6) is 2.31. The van der Waals surface area contributed by atoms with Gasteiger partial charge < -0.3 is 19.9 Å². The van der Waals surface area contributed by atoms with Gasteiger partial charge >= 0.3 is 0 Å². The van der Waals surface area contributed by atoms with Gasteiger partial charge in [-0.25, -0.2) is 0 Å². The molecule has 0 saturated heterocycles. The van der Waals surface area contributed by atoms with Crippen LogP contribution in [0.2, 0.25) is 0 Å². The number of benzene rings is 2. The van der Waals surface area contributed by atoms with E-state index in [0.717, 1.165) is 22.8 Å². The highest BCUT2D eigenvalue weighted by atomic mass is 16.5. The average Bonchev–Trinajstić information content (AvgIpc) is 2.46. The lowest BCUT2D eigenvalue weighted by Gasteiger charge is -2.11. The van der Waals surface area contributed by atoms with Gasteiger partial charge in [0, 0.05) is 17.3 Å². The van der Waals surface area contributed by atoms with E-state index in [1.165, 1.54) is 0 Å². The molecule has 0 fully saturated rings. The molecule has 100 valence electrons. The molecule has 0 radical (unpaired) electrons. The average molecular weight is 259 g/mol. The third-order valence-electron chi connectivity index (χ3n) is 2.76. The summed E-state index contributed by atoms with van der Waals surface area (Å²) >= 11 is 0. The molecule has 2 aromatic carbocycles. The summed E-state index contributed by atoms with van der Waals surface area (Å²) in [6.07, 6.45) is 0. The van der Waals surface area contributed by atoms with Gasteiger partial charge in [-0.1, -0.05) is 0 Å². The summed E-state index contributed by atoms with van der Waals surface area (Å²) in [5, 5.41) is 0. The van der Waals surface area contributed by atoms with Gasteiger partial charge in [-0.3, -0.25) is 0 Å². The zero-order chi connectivity index (χ0) is 13.7. The quantitative estimate of drug-likeness (QED) is 0.839. The van der Waals surface area contributed by atoms with E-state index >= 15 is 0 Å². The molecule has 2 aromatic rings. The normalized spacial score (nSPS) is 10.0. The first-order valence-electron chi connectivity index (χ1n) is 5.92. The maximum atomic E-state index is 5.71. The van der Waals surface area contributed by atoms with Crippen molar-refractivity contribution in [2.24, 2.45) is 0 Å². The lowest BCUT2D eigenvalue weighted by Crippen LogP contribution is -1.99. The van der Waals surface area contributed by atoms with Gasteiger partial charge in [0.05, 0.1) is 14.2 Å². The minimum Gasteiger partial charge on any atom is -0.497 e. The molecule has 0 aliphatic carbocycles. The Morgan fingerprint density at radius 3 is 2.21 bits per heavy atom. The minimum absolute atomic E-state index is 0.426. The van der Waals surface area contributed by atoms with Crippen molar-refractivity contribution >= 4 is 5.69 Å². The van der Waals surface area contributed by atoms with E-state index in [4.69, 9.17) is 19.9 Å². The molecular formula is C15H17NO3. The van der Waals surface area contributed by atoms with E-state index in [9.17, 15) is 0 Å². The smallest absolute Gasteiger partial charge is 0.127 e.